The first-order valence-electron chi connectivity index (χ1n) is 9.90. The van der Waals surface area contributed by atoms with Crippen LogP contribution in [-0.2, 0) is 12.0 Å². The zero-order valence-electron chi connectivity index (χ0n) is 16.0. The second-order valence-corrected chi connectivity index (χ2v) is 7.52. The molecule has 2 heterocycles. The molecule has 5 nitrogen and oxygen atoms in total. The minimum atomic E-state index is -0.999. The van der Waals surface area contributed by atoms with Crippen molar-refractivity contribution in [1.29, 1.82) is 0 Å². The molecule has 2 aromatic rings. The number of hydrogen-bond donors (Lipinski definition) is 1. The van der Waals surface area contributed by atoms with Gasteiger partial charge in [0.15, 0.2) is 0 Å². The fraction of sp³-hybridized carbons (Fsp3) is 0.500. The summed E-state index contributed by atoms with van der Waals surface area (Å²) in [6, 6.07) is 9.74. The predicted octanol–water partition coefficient (Wildman–Crippen LogP) is 3.14. The Hall–Kier alpha value is -2.11. The summed E-state index contributed by atoms with van der Waals surface area (Å²) in [5.41, 5.74) is 1.93. The zero-order chi connectivity index (χ0) is 18.7. The van der Waals surface area contributed by atoms with E-state index in [9.17, 15) is 5.11 Å². The van der Waals surface area contributed by atoms with E-state index >= 15 is 0 Å². The van der Waals surface area contributed by atoms with Crippen molar-refractivity contribution in [2.45, 2.75) is 37.7 Å². The van der Waals surface area contributed by atoms with Crippen LogP contribution >= 0.6 is 0 Å². The van der Waals surface area contributed by atoms with Crippen molar-refractivity contribution in [2.75, 3.05) is 33.4 Å². The van der Waals surface area contributed by atoms with E-state index in [-0.39, 0.29) is 0 Å². The van der Waals surface area contributed by atoms with Crippen LogP contribution < -0.4 is 9.47 Å². The third-order valence-electron chi connectivity index (χ3n) is 5.81. The van der Waals surface area contributed by atoms with Gasteiger partial charge in [-0.25, -0.2) is 4.98 Å². The molecule has 0 spiro atoms. The maximum atomic E-state index is 11.4. The molecule has 0 radical (unpaired) electrons. The highest BCUT2D eigenvalue weighted by Crippen LogP contribution is 2.41. The van der Waals surface area contributed by atoms with Gasteiger partial charge in [-0.15, -0.1) is 0 Å². The van der Waals surface area contributed by atoms with Gasteiger partial charge in [0.2, 0.25) is 5.88 Å². The van der Waals surface area contributed by atoms with Crippen molar-refractivity contribution < 1.29 is 14.6 Å². The minimum Gasteiger partial charge on any atom is -0.497 e. The molecule has 1 N–H and O–H groups in total. The summed E-state index contributed by atoms with van der Waals surface area (Å²) in [6.07, 6.45) is 6.93. The Labute approximate surface area is 160 Å². The lowest BCUT2D eigenvalue weighted by Gasteiger charge is -2.35. The molecule has 144 valence electrons. The first-order valence-corrected chi connectivity index (χ1v) is 9.90. The lowest BCUT2D eigenvalue weighted by Crippen LogP contribution is -2.32. The fourth-order valence-corrected chi connectivity index (χ4v) is 4.27. The van der Waals surface area contributed by atoms with Crippen molar-refractivity contribution in [3.8, 4) is 11.6 Å². The number of aliphatic hydroxyl groups is 1. The third-order valence-corrected chi connectivity index (χ3v) is 5.81. The lowest BCUT2D eigenvalue weighted by atomic mass is 9.75. The van der Waals surface area contributed by atoms with Crippen molar-refractivity contribution in [1.82, 2.24) is 9.88 Å². The van der Waals surface area contributed by atoms with Crippen molar-refractivity contribution in [3.05, 3.63) is 53.2 Å². The number of pyridine rings is 1. The summed E-state index contributed by atoms with van der Waals surface area (Å²) in [5.74, 6) is 1.45. The molecule has 1 atom stereocenters. The first-order chi connectivity index (χ1) is 13.2. The summed E-state index contributed by atoms with van der Waals surface area (Å²) in [7, 11) is 1.67. The topological polar surface area (TPSA) is 54.8 Å². The molecule has 0 saturated carbocycles. The van der Waals surface area contributed by atoms with E-state index in [1.807, 2.05) is 30.3 Å². The average molecular weight is 368 g/mol. The normalized spacial score (nSPS) is 22.4. The Morgan fingerprint density at radius 1 is 1.15 bits per heavy atom. The van der Waals surface area contributed by atoms with Gasteiger partial charge in [0.25, 0.3) is 0 Å². The largest absolute Gasteiger partial charge is 0.497 e. The predicted molar refractivity (Wildman–Crippen MR) is 104 cm³/mol. The molecule has 1 unspecified atom stereocenters. The molecule has 2 aliphatic rings. The number of hydrogen-bond acceptors (Lipinski definition) is 5. The standard InChI is InChI=1S/C22H28N2O3/c1-26-19-7-8-20-17(15-19)5-4-10-22(20,25)18-6-9-21(23-16-18)27-14-13-24-11-2-3-12-24/h6-9,15-16,25H,2-5,10-14H2,1H3. The first kappa shape index (κ1) is 18.3. The summed E-state index contributed by atoms with van der Waals surface area (Å²) >= 11 is 0. The van der Waals surface area contributed by atoms with E-state index in [1.54, 1.807) is 13.3 Å². The molecule has 1 aromatic heterocycles. The zero-order valence-corrected chi connectivity index (χ0v) is 16.0. The summed E-state index contributed by atoms with van der Waals surface area (Å²) in [4.78, 5) is 6.87. The monoisotopic (exact) mass is 368 g/mol. The smallest absolute Gasteiger partial charge is 0.213 e. The number of methoxy groups -OCH3 is 1. The molecule has 1 aliphatic heterocycles. The van der Waals surface area contributed by atoms with Gasteiger partial charge in [-0.1, -0.05) is 6.07 Å². The van der Waals surface area contributed by atoms with Crippen LogP contribution in [0.2, 0.25) is 0 Å². The lowest BCUT2D eigenvalue weighted by molar-refractivity contribution is 0.0610. The van der Waals surface area contributed by atoms with Gasteiger partial charge in [0.05, 0.1) is 7.11 Å². The summed E-state index contributed by atoms with van der Waals surface area (Å²) < 4.78 is 11.1. The fourth-order valence-electron chi connectivity index (χ4n) is 4.27. The minimum absolute atomic E-state index is 0.618. The molecule has 1 aliphatic carbocycles. The van der Waals surface area contributed by atoms with E-state index in [2.05, 4.69) is 9.88 Å². The van der Waals surface area contributed by atoms with Gasteiger partial charge in [0, 0.05) is 24.4 Å². The number of nitrogens with zero attached hydrogens (tertiary/aromatic N) is 2. The number of benzene rings is 1. The van der Waals surface area contributed by atoms with Crippen LogP contribution in [0.3, 0.4) is 0 Å². The number of ether oxygens (including phenoxy) is 2. The SMILES string of the molecule is COc1ccc2c(c1)CCCC2(O)c1ccc(OCCN2CCCC2)nc1. The van der Waals surface area contributed by atoms with Crippen LogP contribution in [0.5, 0.6) is 11.6 Å². The van der Waals surface area contributed by atoms with Crippen LogP contribution in [0.1, 0.15) is 42.4 Å². The van der Waals surface area contributed by atoms with Crippen LogP contribution in [0, 0.1) is 0 Å². The van der Waals surface area contributed by atoms with E-state index in [4.69, 9.17) is 9.47 Å². The van der Waals surface area contributed by atoms with Crippen LogP contribution in [0.25, 0.3) is 0 Å². The number of fused-ring (bicyclic) bond motifs is 1. The summed E-state index contributed by atoms with van der Waals surface area (Å²) in [5, 5.41) is 11.4. The van der Waals surface area contributed by atoms with Gasteiger partial charge in [-0.2, -0.15) is 0 Å². The molecule has 0 bridgehead atoms. The van der Waals surface area contributed by atoms with E-state index in [1.165, 1.54) is 25.9 Å². The molecule has 1 saturated heterocycles. The van der Waals surface area contributed by atoms with E-state index < -0.39 is 5.60 Å². The Balaban J connectivity index is 1.47. The number of aryl methyl sites for hydroxylation is 1. The van der Waals surface area contributed by atoms with Gasteiger partial charge < -0.3 is 14.6 Å². The maximum Gasteiger partial charge on any atom is 0.213 e. The molecule has 1 aromatic carbocycles. The highest BCUT2D eigenvalue weighted by atomic mass is 16.5. The van der Waals surface area contributed by atoms with Gasteiger partial charge in [-0.05, 0) is 74.5 Å². The number of aromatic nitrogens is 1. The van der Waals surface area contributed by atoms with Gasteiger partial charge in [-0.3, -0.25) is 4.90 Å². The maximum absolute atomic E-state index is 11.4. The van der Waals surface area contributed by atoms with E-state index in [0.29, 0.717) is 18.9 Å². The molecular formula is C22H28N2O3. The highest BCUT2D eigenvalue weighted by Gasteiger charge is 2.36. The number of likely N-dealkylation sites (tertiary alicyclic amines) is 1. The highest BCUT2D eigenvalue weighted by molar-refractivity contribution is 5.46. The van der Waals surface area contributed by atoms with E-state index in [0.717, 1.165) is 41.8 Å². The summed E-state index contributed by atoms with van der Waals surface area (Å²) in [6.45, 7) is 3.95. The average Bonchev–Trinajstić information content (AvgIpc) is 3.22. The Bertz CT molecular complexity index is 772. The molecule has 1 fully saturated rings. The van der Waals surface area contributed by atoms with Gasteiger partial charge >= 0.3 is 0 Å². The Morgan fingerprint density at radius 2 is 2.00 bits per heavy atom. The quantitative estimate of drug-likeness (QED) is 0.849. The second kappa shape index (κ2) is 7.87. The van der Waals surface area contributed by atoms with Crippen molar-refractivity contribution in [2.24, 2.45) is 0 Å². The van der Waals surface area contributed by atoms with Crippen LogP contribution in [-0.4, -0.2) is 48.3 Å². The molecule has 4 rings (SSSR count). The molecular weight excluding hydrogens is 340 g/mol. The third kappa shape index (κ3) is 3.80. The van der Waals surface area contributed by atoms with Crippen LogP contribution in [0.15, 0.2) is 36.5 Å². The van der Waals surface area contributed by atoms with Crippen LogP contribution in [0.4, 0.5) is 0 Å². The Kier molecular flexibility index (Phi) is 5.32. The van der Waals surface area contributed by atoms with Gasteiger partial charge in [0.1, 0.15) is 18.0 Å². The van der Waals surface area contributed by atoms with Crippen molar-refractivity contribution >= 4 is 0 Å². The molecule has 27 heavy (non-hydrogen) atoms. The molecule has 5 heteroatoms. The molecule has 0 amide bonds. The Morgan fingerprint density at radius 3 is 2.74 bits per heavy atom. The number of rotatable bonds is 6. The second-order valence-electron chi connectivity index (χ2n) is 7.52. The van der Waals surface area contributed by atoms with Crippen molar-refractivity contribution in [3.63, 3.8) is 0 Å².